The molecule has 2 N–H and O–H groups in total. The lowest BCUT2D eigenvalue weighted by Gasteiger charge is -2.34. The Balaban J connectivity index is 0.00000200. The highest BCUT2D eigenvalue weighted by atomic mass is 35.5. The van der Waals surface area contributed by atoms with Gasteiger partial charge in [-0.25, -0.2) is 8.78 Å². The Labute approximate surface area is 135 Å². The van der Waals surface area contributed by atoms with Crippen LogP contribution in [-0.4, -0.2) is 49.7 Å². The number of alkyl halides is 2. The second kappa shape index (κ2) is 9.25. The molecule has 0 unspecified atom stereocenters. The summed E-state index contributed by atoms with van der Waals surface area (Å²) in [7, 11) is 1.40. The summed E-state index contributed by atoms with van der Waals surface area (Å²) in [5.74, 6) is 0.179. The van der Waals surface area contributed by atoms with Gasteiger partial charge in [-0.2, -0.15) is 0 Å². The highest BCUT2D eigenvalue weighted by molar-refractivity contribution is 5.85. The first-order valence-electron chi connectivity index (χ1n) is 6.23. The molecule has 1 saturated heterocycles. The van der Waals surface area contributed by atoms with Crippen molar-refractivity contribution in [2.45, 2.75) is 12.5 Å². The number of methoxy groups -OCH3 is 1. The van der Waals surface area contributed by atoms with Gasteiger partial charge in [0, 0.05) is 26.2 Å². The van der Waals surface area contributed by atoms with E-state index in [1.807, 2.05) is 0 Å². The summed E-state index contributed by atoms with van der Waals surface area (Å²) in [6.45, 7) is 2.58. The first-order chi connectivity index (χ1) is 9.13. The summed E-state index contributed by atoms with van der Waals surface area (Å²) in [6, 6.07) is 3.44. The van der Waals surface area contributed by atoms with E-state index in [-0.39, 0.29) is 36.3 Å². The Hall–Kier alpha value is -0.820. The molecule has 0 spiro atoms. The van der Waals surface area contributed by atoms with E-state index in [0.717, 1.165) is 0 Å². The average Bonchev–Trinajstić information content (AvgIpc) is 2.41. The topological polar surface area (TPSA) is 44.7 Å². The fourth-order valence-electron chi connectivity index (χ4n) is 2.35. The van der Waals surface area contributed by atoms with E-state index in [9.17, 15) is 13.9 Å². The summed E-state index contributed by atoms with van der Waals surface area (Å²) < 4.78 is 31.7. The lowest BCUT2D eigenvalue weighted by Crippen LogP contribution is -2.46. The number of phenols is 1. The van der Waals surface area contributed by atoms with Gasteiger partial charge in [0.2, 0.25) is 0 Å². The van der Waals surface area contributed by atoms with Gasteiger partial charge in [0.05, 0.1) is 13.2 Å². The second-order valence-corrected chi connectivity index (χ2v) is 4.50. The van der Waals surface area contributed by atoms with Crippen LogP contribution in [0.2, 0.25) is 0 Å². The minimum atomic E-state index is -2.48. The SMILES string of the molecule is COc1cc([C@H](C(F)F)N2CCNCC2)ccc1O.Cl.Cl. The molecular formula is C13H20Cl2F2N2O2. The number of aromatic hydroxyl groups is 1. The third-order valence-corrected chi connectivity index (χ3v) is 3.33. The number of hydrogen-bond donors (Lipinski definition) is 2. The van der Waals surface area contributed by atoms with Gasteiger partial charge in [-0.15, -0.1) is 24.8 Å². The number of halogens is 4. The van der Waals surface area contributed by atoms with Gasteiger partial charge in [-0.3, -0.25) is 4.90 Å². The lowest BCUT2D eigenvalue weighted by molar-refractivity contribution is 0.0180. The van der Waals surface area contributed by atoms with Crippen LogP contribution < -0.4 is 10.1 Å². The van der Waals surface area contributed by atoms with Gasteiger partial charge >= 0.3 is 0 Å². The molecule has 0 amide bonds. The van der Waals surface area contributed by atoms with Gasteiger partial charge in [0.15, 0.2) is 11.5 Å². The highest BCUT2D eigenvalue weighted by Gasteiger charge is 2.30. The molecule has 1 fully saturated rings. The lowest BCUT2D eigenvalue weighted by atomic mass is 10.0. The molecule has 1 aromatic rings. The van der Waals surface area contributed by atoms with Crippen LogP contribution in [0, 0.1) is 0 Å². The average molecular weight is 345 g/mol. The van der Waals surface area contributed by atoms with Crippen molar-refractivity contribution in [1.82, 2.24) is 10.2 Å². The molecular weight excluding hydrogens is 325 g/mol. The predicted molar refractivity (Wildman–Crippen MR) is 82.3 cm³/mol. The maximum Gasteiger partial charge on any atom is 0.258 e. The summed E-state index contributed by atoms with van der Waals surface area (Å²) >= 11 is 0. The maximum atomic E-state index is 13.3. The predicted octanol–water partition coefficient (Wildman–Crippen LogP) is 2.46. The standard InChI is InChI=1S/C13H18F2N2O2.2ClH/c1-19-11-8-9(2-3-10(11)18)12(13(14)15)17-6-4-16-5-7-17;;/h2-3,8,12-13,16,18H,4-7H2,1H3;2*1H/t12-;;/m1../s1. The van der Waals surface area contributed by atoms with Crippen LogP contribution >= 0.6 is 24.8 Å². The normalized spacial score (nSPS) is 16.8. The molecule has 122 valence electrons. The van der Waals surface area contributed by atoms with Crippen molar-refractivity contribution in [1.29, 1.82) is 0 Å². The smallest absolute Gasteiger partial charge is 0.258 e. The fraction of sp³-hybridized carbons (Fsp3) is 0.538. The van der Waals surface area contributed by atoms with Crippen LogP contribution in [0.15, 0.2) is 18.2 Å². The van der Waals surface area contributed by atoms with E-state index in [1.165, 1.54) is 25.3 Å². The van der Waals surface area contributed by atoms with Gasteiger partial charge < -0.3 is 15.2 Å². The number of rotatable bonds is 4. The first-order valence-corrected chi connectivity index (χ1v) is 6.23. The van der Waals surface area contributed by atoms with Crippen molar-refractivity contribution in [3.63, 3.8) is 0 Å². The number of phenolic OH excluding ortho intramolecular Hbond substituents is 1. The zero-order chi connectivity index (χ0) is 13.8. The molecule has 1 heterocycles. The van der Waals surface area contributed by atoms with Gasteiger partial charge in [0.25, 0.3) is 6.43 Å². The van der Waals surface area contributed by atoms with Crippen molar-refractivity contribution >= 4 is 24.8 Å². The van der Waals surface area contributed by atoms with Crippen molar-refractivity contribution in [2.24, 2.45) is 0 Å². The van der Waals surface area contributed by atoms with Crippen molar-refractivity contribution < 1.29 is 18.6 Å². The van der Waals surface area contributed by atoms with Crippen LogP contribution in [0.1, 0.15) is 11.6 Å². The monoisotopic (exact) mass is 344 g/mol. The second-order valence-electron chi connectivity index (χ2n) is 4.50. The van der Waals surface area contributed by atoms with Gasteiger partial charge in [0.1, 0.15) is 0 Å². The Kier molecular flexibility index (Phi) is 8.89. The highest BCUT2D eigenvalue weighted by Crippen LogP contribution is 2.34. The van der Waals surface area contributed by atoms with Crippen LogP contribution in [0.3, 0.4) is 0 Å². The molecule has 1 atom stereocenters. The van der Waals surface area contributed by atoms with E-state index in [4.69, 9.17) is 4.74 Å². The molecule has 0 bridgehead atoms. The number of hydrogen-bond acceptors (Lipinski definition) is 4. The van der Waals surface area contributed by atoms with Crippen LogP contribution in [0.25, 0.3) is 0 Å². The summed E-state index contributed by atoms with van der Waals surface area (Å²) in [5.41, 5.74) is 0.464. The minimum Gasteiger partial charge on any atom is -0.504 e. The Bertz CT molecular complexity index is 433. The molecule has 21 heavy (non-hydrogen) atoms. The molecule has 0 radical (unpaired) electrons. The quantitative estimate of drug-likeness (QED) is 0.880. The summed E-state index contributed by atoms with van der Waals surface area (Å²) in [4.78, 5) is 1.76. The molecule has 1 aliphatic heterocycles. The van der Waals surface area contributed by atoms with Crippen LogP contribution in [-0.2, 0) is 0 Å². The number of benzene rings is 1. The third kappa shape index (κ3) is 4.85. The van der Waals surface area contributed by atoms with Crippen molar-refractivity contribution in [3.05, 3.63) is 23.8 Å². The molecule has 1 aromatic carbocycles. The summed E-state index contributed by atoms with van der Waals surface area (Å²) in [6.07, 6.45) is -2.48. The Morgan fingerprint density at radius 2 is 1.86 bits per heavy atom. The molecule has 8 heteroatoms. The van der Waals surface area contributed by atoms with Crippen LogP contribution in [0.5, 0.6) is 11.5 Å². The first kappa shape index (κ1) is 20.2. The van der Waals surface area contributed by atoms with E-state index in [1.54, 1.807) is 4.90 Å². The number of nitrogens with one attached hydrogen (secondary N) is 1. The molecule has 2 rings (SSSR count). The zero-order valence-electron chi connectivity index (χ0n) is 11.6. The molecule has 0 aliphatic carbocycles. The third-order valence-electron chi connectivity index (χ3n) is 3.33. The van der Waals surface area contributed by atoms with E-state index in [0.29, 0.717) is 31.7 Å². The fourth-order valence-corrected chi connectivity index (χ4v) is 2.35. The van der Waals surface area contributed by atoms with E-state index < -0.39 is 12.5 Å². The Morgan fingerprint density at radius 3 is 2.38 bits per heavy atom. The van der Waals surface area contributed by atoms with Gasteiger partial charge in [-0.05, 0) is 17.7 Å². The Morgan fingerprint density at radius 1 is 1.24 bits per heavy atom. The van der Waals surface area contributed by atoms with Gasteiger partial charge in [-0.1, -0.05) is 6.07 Å². The van der Waals surface area contributed by atoms with Crippen LogP contribution in [0.4, 0.5) is 8.78 Å². The van der Waals surface area contributed by atoms with E-state index >= 15 is 0 Å². The van der Waals surface area contributed by atoms with Crippen molar-refractivity contribution in [3.8, 4) is 11.5 Å². The number of nitrogens with zero attached hydrogens (tertiary/aromatic N) is 1. The largest absolute Gasteiger partial charge is 0.504 e. The maximum absolute atomic E-state index is 13.3. The summed E-state index contributed by atoms with van der Waals surface area (Å²) in [5, 5.41) is 12.7. The molecule has 4 nitrogen and oxygen atoms in total. The van der Waals surface area contributed by atoms with E-state index in [2.05, 4.69) is 5.32 Å². The zero-order valence-corrected chi connectivity index (χ0v) is 13.2. The number of ether oxygens (including phenoxy) is 1. The molecule has 1 aliphatic rings. The van der Waals surface area contributed by atoms with Crippen molar-refractivity contribution in [2.75, 3.05) is 33.3 Å². The number of piperazine rings is 1. The molecule has 0 aromatic heterocycles. The minimum absolute atomic E-state index is 0. The molecule has 0 saturated carbocycles.